The van der Waals surface area contributed by atoms with E-state index >= 15 is 0 Å². The molecule has 1 atom stereocenters. The van der Waals surface area contributed by atoms with Gasteiger partial charge in [0.25, 0.3) is 5.91 Å². The van der Waals surface area contributed by atoms with Crippen LogP contribution in [0.25, 0.3) is 0 Å². The maximum Gasteiger partial charge on any atom is 0.253 e. The van der Waals surface area contributed by atoms with E-state index < -0.39 is 0 Å². The number of thiophene rings is 1. The van der Waals surface area contributed by atoms with Gasteiger partial charge in [-0.2, -0.15) is 5.10 Å². The molecule has 0 spiro atoms. The number of carbonyl (C=O) groups is 1. The Morgan fingerprint density at radius 1 is 1.21 bits per heavy atom. The number of benzene rings is 1. The first kappa shape index (κ1) is 18.6. The zero-order valence-corrected chi connectivity index (χ0v) is 16.8. The second-order valence-corrected chi connectivity index (χ2v) is 7.97. The molecule has 1 amide bonds. The van der Waals surface area contributed by atoms with Crippen molar-refractivity contribution in [2.24, 2.45) is 5.10 Å². The van der Waals surface area contributed by atoms with Crippen LogP contribution >= 0.6 is 23.1 Å². The average molecular weight is 411 g/mol. The second-order valence-electron chi connectivity index (χ2n) is 6.08. The minimum Gasteiger partial charge on any atom is -0.497 e. The summed E-state index contributed by atoms with van der Waals surface area (Å²) in [5, 5.41) is 8.88. The summed E-state index contributed by atoms with van der Waals surface area (Å²) in [4.78, 5) is 22.4. The zero-order chi connectivity index (χ0) is 19.3. The first-order valence-corrected chi connectivity index (χ1v) is 10.6. The van der Waals surface area contributed by atoms with Gasteiger partial charge in [0.15, 0.2) is 5.16 Å². The van der Waals surface area contributed by atoms with Gasteiger partial charge in [0.05, 0.1) is 29.5 Å². The van der Waals surface area contributed by atoms with E-state index in [1.807, 2.05) is 41.8 Å². The smallest absolute Gasteiger partial charge is 0.253 e. The molecule has 6 nitrogen and oxygen atoms in total. The van der Waals surface area contributed by atoms with E-state index in [1.165, 1.54) is 11.8 Å². The molecule has 0 N–H and O–H groups in total. The van der Waals surface area contributed by atoms with Gasteiger partial charge in [0.1, 0.15) is 5.75 Å². The van der Waals surface area contributed by atoms with Gasteiger partial charge in [-0.3, -0.25) is 4.79 Å². The normalized spacial score (nSPS) is 16.1. The van der Waals surface area contributed by atoms with Crippen LogP contribution < -0.4 is 4.74 Å². The minimum absolute atomic E-state index is 0.0650. The molecule has 28 heavy (non-hydrogen) atoms. The molecule has 0 fully saturated rings. The Labute approximate surface area is 171 Å². The summed E-state index contributed by atoms with van der Waals surface area (Å²) in [5.74, 6) is 0.957. The summed E-state index contributed by atoms with van der Waals surface area (Å²) in [6, 6.07) is 13.5. The third kappa shape index (κ3) is 4.07. The third-order valence-electron chi connectivity index (χ3n) is 4.34. The lowest BCUT2D eigenvalue weighted by atomic mass is 10.0. The van der Waals surface area contributed by atoms with Crippen molar-refractivity contribution >= 4 is 34.7 Å². The van der Waals surface area contributed by atoms with Crippen LogP contribution in [-0.2, 0) is 4.79 Å². The molecule has 4 rings (SSSR count). The summed E-state index contributed by atoms with van der Waals surface area (Å²) in [6.07, 6.45) is 4.02. The van der Waals surface area contributed by atoms with Crippen LogP contribution in [-0.4, -0.2) is 39.5 Å². The van der Waals surface area contributed by atoms with Crippen molar-refractivity contribution in [1.82, 2.24) is 15.0 Å². The first-order valence-electron chi connectivity index (χ1n) is 8.72. The van der Waals surface area contributed by atoms with Gasteiger partial charge in [0, 0.05) is 18.8 Å². The van der Waals surface area contributed by atoms with E-state index in [2.05, 4.69) is 15.1 Å². The Bertz CT molecular complexity index is 960. The van der Waals surface area contributed by atoms with Crippen molar-refractivity contribution in [2.45, 2.75) is 17.6 Å². The number of amides is 1. The molecule has 3 aromatic rings. The number of hydrogen-bond acceptors (Lipinski definition) is 7. The van der Waals surface area contributed by atoms with Gasteiger partial charge in [0.2, 0.25) is 0 Å². The Balaban J connectivity index is 1.56. The van der Waals surface area contributed by atoms with Crippen molar-refractivity contribution in [3.8, 4) is 5.75 Å². The zero-order valence-electron chi connectivity index (χ0n) is 15.2. The second kappa shape index (κ2) is 8.53. The Hall–Kier alpha value is -2.71. The highest BCUT2D eigenvalue weighted by atomic mass is 32.2. The van der Waals surface area contributed by atoms with E-state index in [0.717, 1.165) is 21.9 Å². The van der Waals surface area contributed by atoms with Crippen LogP contribution in [0.4, 0.5) is 0 Å². The Kier molecular flexibility index (Phi) is 5.68. The maximum absolute atomic E-state index is 13.0. The molecule has 142 valence electrons. The van der Waals surface area contributed by atoms with Crippen molar-refractivity contribution in [2.75, 3.05) is 12.9 Å². The van der Waals surface area contributed by atoms with Gasteiger partial charge in [-0.15, -0.1) is 11.3 Å². The number of aromatic nitrogens is 2. The van der Waals surface area contributed by atoms with Crippen molar-refractivity contribution in [3.05, 3.63) is 70.7 Å². The van der Waals surface area contributed by atoms with Crippen LogP contribution in [0.15, 0.2) is 70.5 Å². The van der Waals surface area contributed by atoms with Crippen LogP contribution in [0.5, 0.6) is 5.75 Å². The average Bonchev–Trinajstić information content (AvgIpc) is 3.43. The SMILES string of the molecule is COc1ccc(C2CC(c3cccs3)=NN2C(=O)CSc2ncccn2)cc1. The molecule has 1 unspecified atom stereocenters. The van der Waals surface area contributed by atoms with Crippen molar-refractivity contribution < 1.29 is 9.53 Å². The largest absolute Gasteiger partial charge is 0.497 e. The molecule has 1 aromatic carbocycles. The molecule has 8 heteroatoms. The predicted molar refractivity (Wildman–Crippen MR) is 111 cm³/mol. The highest BCUT2D eigenvalue weighted by Crippen LogP contribution is 2.35. The molecule has 3 heterocycles. The molecular formula is C20H18N4O2S2. The van der Waals surface area contributed by atoms with E-state index in [9.17, 15) is 4.79 Å². The lowest BCUT2D eigenvalue weighted by Crippen LogP contribution is -2.28. The molecule has 0 saturated carbocycles. The summed E-state index contributed by atoms with van der Waals surface area (Å²) < 4.78 is 5.25. The fraction of sp³-hybridized carbons (Fsp3) is 0.200. The van der Waals surface area contributed by atoms with Crippen molar-refractivity contribution in [1.29, 1.82) is 0 Å². The topological polar surface area (TPSA) is 67.7 Å². The molecule has 0 radical (unpaired) electrons. The van der Waals surface area contributed by atoms with Gasteiger partial charge in [-0.1, -0.05) is 30.0 Å². The van der Waals surface area contributed by atoms with E-state index in [-0.39, 0.29) is 17.7 Å². The van der Waals surface area contributed by atoms with Gasteiger partial charge in [-0.05, 0) is 35.2 Å². The Morgan fingerprint density at radius 3 is 2.68 bits per heavy atom. The lowest BCUT2D eigenvalue weighted by Gasteiger charge is -2.22. The first-order chi connectivity index (χ1) is 13.7. The van der Waals surface area contributed by atoms with Crippen LogP contribution in [0, 0.1) is 0 Å². The monoisotopic (exact) mass is 410 g/mol. The minimum atomic E-state index is -0.132. The predicted octanol–water partition coefficient (Wildman–Crippen LogP) is 4.02. The molecule has 0 aliphatic carbocycles. The molecule has 0 bridgehead atoms. The van der Waals surface area contributed by atoms with E-state index in [0.29, 0.717) is 11.6 Å². The van der Waals surface area contributed by atoms with Gasteiger partial charge >= 0.3 is 0 Å². The quantitative estimate of drug-likeness (QED) is 0.454. The molecule has 1 aliphatic rings. The molecule has 1 aliphatic heterocycles. The summed E-state index contributed by atoms with van der Waals surface area (Å²) in [5.41, 5.74) is 1.97. The number of nitrogens with zero attached hydrogens (tertiary/aromatic N) is 4. The highest BCUT2D eigenvalue weighted by molar-refractivity contribution is 7.99. The van der Waals surface area contributed by atoms with Gasteiger partial charge < -0.3 is 4.74 Å². The van der Waals surface area contributed by atoms with E-state index in [1.54, 1.807) is 41.9 Å². The summed E-state index contributed by atoms with van der Waals surface area (Å²) >= 11 is 2.95. The standard InChI is InChI=1S/C20H18N4O2S2/c1-26-15-7-5-14(6-8-15)17-12-16(18-4-2-11-27-18)23-24(17)19(25)13-28-20-21-9-3-10-22-20/h2-11,17H,12-13H2,1H3. The van der Waals surface area contributed by atoms with Crippen LogP contribution in [0.3, 0.4) is 0 Å². The number of rotatable bonds is 6. The molecule has 0 saturated heterocycles. The number of carbonyl (C=O) groups excluding carboxylic acids is 1. The fourth-order valence-electron chi connectivity index (χ4n) is 2.97. The highest BCUT2D eigenvalue weighted by Gasteiger charge is 2.33. The number of ether oxygens (including phenoxy) is 1. The van der Waals surface area contributed by atoms with E-state index in [4.69, 9.17) is 4.74 Å². The number of thioether (sulfide) groups is 1. The van der Waals surface area contributed by atoms with Gasteiger partial charge in [-0.25, -0.2) is 15.0 Å². The fourth-order valence-corrected chi connectivity index (χ4v) is 4.35. The van der Waals surface area contributed by atoms with Crippen LogP contribution in [0.2, 0.25) is 0 Å². The third-order valence-corrected chi connectivity index (χ3v) is 6.12. The molecular weight excluding hydrogens is 392 g/mol. The Morgan fingerprint density at radius 2 is 2.00 bits per heavy atom. The maximum atomic E-state index is 13.0. The molecule has 2 aromatic heterocycles. The summed E-state index contributed by atoms with van der Waals surface area (Å²) in [6.45, 7) is 0. The number of hydrogen-bond donors (Lipinski definition) is 0. The number of hydrazone groups is 1. The lowest BCUT2D eigenvalue weighted by molar-refractivity contribution is -0.130. The summed E-state index contributed by atoms with van der Waals surface area (Å²) in [7, 11) is 1.64. The van der Waals surface area contributed by atoms with Crippen LogP contribution in [0.1, 0.15) is 22.9 Å². The van der Waals surface area contributed by atoms with Crippen molar-refractivity contribution in [3.63, 3.8) is 0 Å². The number of methoxy groups -OCH3 is 1.